The maximum atomic E-state index is 13.2. The lowest BCUT2D eigenvalue weighted by atomic mass is 9.86. The summed E-state index contributed by atoms with van der Waals surface area (Å²) >= 11 is 0. The molecule has 2 saturated heterocycles. The fraction of sp³-hybridized carbons (Fsp3) is 0.500. The van der Waals surface area contributed by atoms with Crippen molar-refractivity contribution in [2.75, 3.05) is 29.9 Å². The van der Waals surface area contributed by atoms with Crippen LogP contribution in [0.2, 0.25) is 0 Å². The van der Waals surface area contributed by atoms with Crippen LogP contribution in [0.4, 0.5) is 16.3 Å². The predicted octanol–water partition coefficient (Wildman–Crippen LogP) is 4.06. The number of rotatable bonds is 3. The second kappa shape index (κ2) is 9.14. The van der Waals surface area contributed by atoms with Gasteiger partial charge in [-0.05, 0) is 43.7 Å². The number of urea groups is 1. The number of aryl methyl sites for hydroxylation is 1. The van der Waals surface area contributed by atoms with Crippen molar-refractivity contribution in [1.82, 2.24) is 24.6 Å². The lowest BCUT2D eigenvalue weighted by molar-refractivity contribution is 0.146. The first-order valence-corrected chi connectivity index (χ1v) is 11.7. The Balaban J connectivity index is 1.28. The topological polar surface area (TPSA) is 79.2 Å². The number of fused-ring (bicyclic) bond motifs is 1. The van der Waals surface area contributed by atoms with Crippen molar-refractivity contribution in [3.8, 4) is 0 Å². The quantitative estimate of drug-likeness (QED) is 0.674. The Morgan fingerprint density at radius 3 is 2.62 bits per heavy atom. The summed E-state index contributed by atoms with van der Waals surface area (Å²) in [6.07, 6.45) is 10.2. The molecule has 8 nitrogen and oxygen atoms in total. The van der Waals surface area contributed by atoms with Gasteiger partial charge < -0.3 is 15.1 Å². The molecule has 0 unspecified atom stereocenters. The highest BCUT2D eigenvalue weighted by Gasteiger charge is 2.34. The number of nitrogens with zero attached hydrogens (tertiary/aromatic N) is 6. The van der Waals surface area contributed by atoms with Crippen LogP contribution in [-0.2, 0) is 7.05 Å². The maximum Gasteiger partial charge on any atom is 0.322 e. The molecule has 2 aromatic heterocycles. The number of anilines is 2. The van der Waals surface area contributed by atoms with E-state index in [2.05, 4.69) is 30.2 Å². The molecule has 1 aromatic carbocycles. The second-order valence-electron chi connectivity index (χ2n) is 8.93. The van der Waals surface area contributed by atoms with E-state index in [4.69, 9.17) is 0 Å². The third-order valence-electron chi connectivity index (χ3n) is 6.98. The molecule has 0 aliphatic carbocycles. The molecule has 5 rings (SSSR count). The van der Waals surface area contributed by atoms with Gasteiger partial charge in [0.05, 0.1) is 11.6 Å². The molecule has 2 aliphatic rings. The molecule has 168 valence electrons. The monoisotopic (exact) mass is 433 g/mol. The fourth-order valence-corrected chi connectivity index (χ4v) is 5.29. The molecule has 32 heavy (non-hydrogen) atoms. The molecule has 1 N–H and O–H groups in total. The minimum absolute atomic E-state index is 0.0402. The van der Waals surface area contributed by atoms with E-state index >= 15 is 0 Å². The van der Waals surface area contributed by atoms with Gasteiger partial charge in [0.1, 0.15) is 12.1 Å². The van der Waals surface area contributed by atoms with Crippen molar-refractivity contribution in [1.29, 1.82) is 0 Å². The summed E-state index contributed by atoms with van der Waals surface area (Å²) in [5.41, 5.74) is 1.73. The first kappa shape index (κ1) is 20.7. The van der Waals surface area contributed by atoms with Crippen LogP contribution in [0.25, 0.3) is 11.0 Å². The predicted molar refractivity (Wildman–Crippen MR) is 126 cm³/mol. The van der Waals surface area contributed by atoms with Crippen LogP contribution in [0.15, 0.2) is 42.9 Å². The van der Waals surface area contributed by atoms with E-state index in [9.17, 15) is 4.79 Å². The fourth-order valence-electron chi connectivity index (χ4n) is 5.29. The third-order valence-corrected chi connectivity index (χ3v) is 6.98. The summed E-state index contributed by atoms with van der Waals surface area (Å²) in [7, 11) is 1.91. The Hall–Kier alpha value is -3.16. The number of nitrogens with one attached hydrogen (secondary N) is 1. The molecule has 0 radical (unpaired) electrons. The number of aromatic nitrogens is 4. The summed E-state index contributed by atoms with van der Waals surface area (Å²) in [6.45, 7) is 2.72. The standard InChI is InChI=1S/C24H31N7O/c1-29-22-20(16-27-29)23(26-17-25-22)30-14-11-18(12-15-30)21-10-6-3-7-13-31(21)24(32)28-19-8-4-2-5-9-19/h2,4-5,8-9,16-18,21H,3,6-7,10-15H2,1H3,(H,28,32)/t21-/m1/s1. The van der Waals surface area contributed by atoms with Crippen molar-refractivity contribution in [2.24, 2.45) is 13.0 Å². The number of piperidine rings is 1. The van der Waals surface area contributed by atoms with Crippen molar-refractivity contribution in [2.45, 2.75) is 44.6 Å². The summed E-state index contributed by atoms with van der Waals surface area (Å²) in [5, 5.41) is 8.47. The summed E-state index contributed by atoms with van der Waals surface area (Å²) in [6, 6.07) is 10.1. The molecule has 2 fully saturated rings. The number of hydrogen-bond donors (Lipinski definition) is 1. The first-order valence-electron chi connectivity index (χ1n) is 11.7. The molecule has 2 aliphatic heterocycles. The zero-order chi connectivity index (χ0) is 21.9. The van der Waals surface area contributed by atoms with Crippen LogP contribution in [-0.4, -0.2) is 56.4 Å². The highest BCUT2D eigenvalue weighted by atomic mass is 16.2. The van der Waals surface area contributed by atoms with Gasteiger partial charge in [0, 0.05) is 38.4 Å². The molecule has 0 bridgehead atoms. The van der Waals surface area contributed by atoms with Crippen molar-refractivity contribution in [3.63, 3.8) is 0 Å². The van der Waals surface area contributed by atoms with Crippen molar-refractivity contribution in [3.05, 3.63) is 42.9 Å². The van der Waals surface area contributed by atoms with Crippen LogP contribution in [0, 0.1) is 5.92 Å². The zero-order valence-electron chi connectivity index (χ0n) is 18.7. The van der Waals surface area contributed by atoms with E-state index in [0.29, 0.717) is 12.0 Å². The Morgan fingerprint density at radius 1 is 1.00 bits per heavy atom. The minimum Gasteiger partial charge on any atom is -0.356 e. The molecule has 8 heteroatoms. The van der Waals surface area contributed by atoms with Gasteiger partial charge in [0.25, 0.3) is 0 Å². The lowest BCUT2D eigenvalue weighted by Gasteiger charge is -2.41. The van der Waals surface area contributed by atoms with Crippen LogP contribution in [0.1, 0.15) is 38.5 Å². The summed E-state index contributed by atoms with van der Waals surface area (Å²) < 4.78 is 1.79. The normalized spacial score (nSPS) is 20.3. The number of benzene rings is 1. The molecule has 0 spiro atoms. The zero-order valence-corrected chi connectivity index (χ0v) is 18.7. The molecular weight excluding hydrogens is 402 g/mol. The van der Waals surface area contributed by atoms with E-state index in [1.807, 2.05) is 43.6 Å². The number of amides is 2. The van der Waals surface area contributed by atoms with Gasteiger partial charge in [-0.25, -0.2) is 14.8 Å². The van der Waals surface area contributed by atoms with E-state index < -0.39 is 0 Å². The van der Waals surface area contributed by atoms with Gasteiger partial charge in [-0.2, -0.15) is 5.10 Å². The van der Waals surface area contributed by atoms with Gasteiger partial charge in [-0.3, -0.25) is 4.68 Å². The van der Waals surface area contributed by atoms with Crippen LogP contribution >= 0.6 is 0 Å². The van der Waals surface area contributed by atoms with E-state index in [1.165, 1.54) is 12.8 Å². The number of carbonyl (C=O) groups excluding carboxylic acids is 1. The number of hydrogen-bond acceptors (Lipinski definition) is 5. The Bertz CT molecular complexity index is 1060. The lowest BCUT2D eigenvalue weighted by Crippen LogP contribution is -2.49. The van der Waals surface area contributed by atoms with Gasteiger partial charge in [-0.15, -0.1) is 0 Å². The number of carbonyl (C=O) groups is 1. The largest absolute Gasteiger partial charge is 0.356 e. The smallest absolute Gasteiger partial charge is 0.322 e. The highest BCUT2D eigenvalue weighted by Crippen LogP contribution is 2.33. The molecule has 3 aromatic rings. The van der Waals surface area contributed by atoms with Gasteiger partial charge in [0.15, 0.2) is 5.65 Å². The third kappa shape index (κ3) is 4.13. The summed E-state index contributed by atoms with van der Waals surface area (Å²) in [5.74, 6) is 1.48. The molecule has 2 amide bonds. The minimum atomic E-state index is 0.0402. The Morgan fingerprint density at radius 2 is 1.81 bits per heavy atom. The van der Waals surface area contributed by atoms with E-state index in [1.54, 1.807) is 11.0 Å². The highest BCUT2D eigenvalue weighted by molar-refractivity contribution is 5.89. The van der Waals surface area contributed by atoms with Crippen molar-refractivity contribution >= 4 is 28.6 Å². The van der Waals surface area contributed by atoms with Crippen LogP contribution < -0.4 is 10.2 Å². The second-order valence-corrected chi connectivity index (χ2v) is 8.93. The molecule has 4 heterocycles. The average Bonchev–Trinajstić information content (AvgIpc) is 3.05. The number of likely N-dealkylation sites (tertiary alicyclic amines) is 1. The SMILES string of the molecule is Cn1ncc2c(N3CCC([C@H]4CCCCCN4C(=O)Nc4ccccc4)CC3)ncnc21. The summed E-state index contributed by atoms with van der Waals surface area (Å²) in [4.78, 5) is 26.6. The number of para-hydroxylation sites is 1. The molecule has 1 atom stereocenters. The van der Waals surface area contributed by atoms with Crippen molar-refractivity contribution < 1.29 is 4.79 Å². The van der Waals surface area contributed by atoms with Gasteiger partial charge in [0.2, 0.25) is 0 Å². The van der Waals surface area contributed by atoms with E-state index in [0.717, 1.165) is 67.9 Å². The Labute approximate surface area is 188 Å². The van der Waals surface area contributed by atoms with Gasteiger partial charge >= 0.3 is 6.03 Å². The molecular formula is C24H31N7O. The van der Waals surface area contributed by atoms with E-state index in [-0.39, 0.29) is 6.03 Å². The van der Waals surface area contributed by atoms with Crippen LogP contribution in [0.3, 0.4) is 0 Å². The maximum absolute atomic E-state index is 13.2. The van der Waals surface area contributed by atoms with Crippen LogP contribution in [0.5, 0.6) is 0 Å². The molecule has 0 saturated carbocycles. The average molecular weight is 434 g/mol. The first-order chi connectivity index (χ1) is 15.7. The van der Waals surface area contributed by atoms with Gasteiger partial charge in [-0.1, -0.05) is 31.0 Å². The Kier molecular flexibility index (Phi) is 5.92.